The Bertz CT molecular complexity index is 772. The van der Waals surface area contributed by atoms with Crippen molar-refractivity contribution in [2.45, 2.75) is 37.8 Å². The molecule has 25 heavy (non-hydrogen) atoms. The molecule has 0 amide bonds. The van der Waals surface area contributed by atoms with Gasteiger partial charge in [-0.05, 0) is 56.3 Å². The zero-order valence-corrected chi connectivity index (χ0v) is 14.6. The maximum atomic E-state index is 9.02. The fourth-order valence-electron chi connectivity index (χ4n) is 4.07. The van der Waals surface area contributed by atoms with Gasteiger partial charge >= 0.3 is 0 Å². The number of rotatable bonds is 5. The molecule has 1 N–H and O–H groups in total. The molecule has 2 aromatic rings. The van der Waals surface area contributed by atoms with Gasteiger partial charge in [0.05, 0.1) is 11.7 Å². The van der Waals surface area contributed by atoms with Crippen molar-refractivity contribution in [1.29, 1.82) is 5.26 Å². The number of aryl methyl sites for hydroxylation is 1. The van der Waals surface area contributed by atoms with Crippen LogP contribution in [0.3, 0.4) is 0 Å². The highest BCUT2D eigenvalue weighted by Crippen LogP contribution is 2.42. The molecule has 3 heterocycles. The average Bonchev–Trinajstić information content (AvgIpc) is 3.41. The minimum atomic E-state index is 0.415. The predicted molar refractivity (Wildman–Crippen MR) is 95.8 cm³/mol. The summed E-state index contributed by atoms with van der Waals surface area (Å²) in [6.45, 7) is 2.08. The zero-order valence-electron chi connectivity index (χ0n) is 14.6. The third-order valence-electron chi connectivity index (χ3n) is 5.42. The second kappa shape index (κ2) is 6.85. The largest absolute Gasteiger partial charge is 0.385 e. The molecule has 6 heteroatoms. The van der Waals surface area contributed by atoms with Crippen LogP contribution >= 0.6 is 0 Å². The van der Waals surface area contributed by atoms with Gasteiger partial charge in [0.25, 0.3) is 0 Å². The maximum Gasteiger partial charge on any atom is 0.142 e. The summed E-state index contributed by atoms with van der Waals surface area (Å²) >= 11 is 0. The van der Waals surface area contributed by atoms with Crippen LogP contribution < -0.4 is 5.32 Å². The molecule has 1 saturated heterocycles. The lowest BCUT2D eigenvalue weighted by Gasteiger charge is -2.42. The third kappa shape index (κ3) is 3.38. The fourth-order valence-corrected chi connectivity index (χ4v) is 4.07. The second-order valence-corrected chi connectivity index (χ2v) is 7.12. The summed E-state index contributed by atoms with van der Waals surface area (Å²) in [6, 6.07) is 9.18. The first-order chi connectivity index (χ1) is 12.3. The summed E-state index contributed by atoms with van der Waals surface area (Å²) in [5, 5.41) is 17.0. The predicted octanol–water partition coefficient (Wildman–Crippen LogP) is 2.71. The van der Waals surface area contributed by atoms with Crippen molar-refractivity contribution < 1.29 is 0 Å². The highest BCUT2D eigenvalue weighted by atomic mass is 15.3. The normalized spacial score (nSPS) is 24.0. The van der Waals surface area contributed by atoms with E-state index in [1.54, 1.807) is 6.20 Å². The molecule has 2 fully saturated rings. The summed E-state index contributed by atoms with van der Waals surface area (Å²) in [5.41, 5.74) is 2.74. The number of aromatic nitrogens is 3. The van der Waals surface area contributed by atoms with Crippen LogP contribution in [0, 0.1) is 17.2 Å². The zero-order chi connectivity index (χ0) is 17.2. The molecular formula is C19H24N6. The molecule has 1 aliphatic carbocycles. The Morgan fingerprint density at radius 2 is 2.16 bits per heavy atom. The molecule has 130 valence electrons. The Hall–Kier alpha value is -2.39. The van der Waals surface area contributed by atoms with Crippen molar-refractivity contribution >= 4 is 5.69 Å². The molecule has 1 aliphatic heterocycles. The first kappa shape index (κ1) is 16.1. The molecule has 0 aromatic carbocycles. The van der Waals surface area contributed by atoms with Crippen LogP contribution in [0.4, 0.5) is 5.69 Å². The number of nitrogens with zero attached hydrogens (tertiary/aromatic N) is 5. The molecule has 2 atom stereocenters. The van der Waals surface area contributed by atoms with E-state index in [4.69, 9.17) is 5.26 Å². The minimum Gasteiger partial charge on any atom is -0.385 e. The first-order valence-electron chi connectivity index (χ1n) is 9.10. The van der Waals surface area contributed by atoms with Gasteiger partial charge in [-0.25, -0.2) is 4.98 Å². The molecule has 0 unspecified atom stereocenters. The highest BCUT2D eigenvalue weighted by molar-refractivity contribution is 5.46. The van der Waals surface area contributed by atoms with Crippen LogP contribution in [0.15, 0.2) is 30.6 Å². The van der Waals surface area contributed by atoms with E-state index in [-0.39, 0.29) is 0 Å². The van der Waals surface area contributed by atoms with Gasteiger partial charge in [0, 0.05) is 37.7 Å². The Balaban J connectivity index is 1.53. The van der Waals surface area contributed by atoms with E-state index in [1.165, 1.54) is 37.9 Å². The highest BCUT2D eigenvalue weighted by Gasteiger charge is 2.41. The Morgan fingerprint density at radius 3 is 2.88 bits per heavy atom. The molecular weight excluding hydrogens is 312 g/mol. The van der Waals surface area contributed by atoms with E-state index in [0.29, 0.717) is 17.7 Å². The van der Waals surface area contributed by atoms with Crippen molar-refractivity contribution in [3.05, 3.63) is 42.0 Å². The van der Waals surface area contributed by atoms with Gasteiger partial charge in [-0.1, -0.05) is 0 Å². The van der Waals surface area contributed by atoms with Crippen molar-refractivity contribution in [1.82, 2.24) is 19.7 Å². The molecule has 2 aliphatic rings. The van der Waals surface area contributed by atoms with E-state index in [2.05, 4.69) is 32.4 Å². The van der Waals surface area contributed by atoms with E-state index in [1.807, 2.05) is 30.1 Å². The number of nitriles is 1. The molecule has 2 aromatic heterocycles. The van der Waals surface area contributed by atoms with Crippen molar-refractivity contribution in [2.75, 3.05) is 18.4 Å². The number of likely N-dealkylation sites (tertiary alicyclic amines) is 1. The summed E-state index contributed by atoms with van der Waals surface area (Å²) in [5.74, 6) is 0.531. The smallest absolute Gasteiger partial charge is 0.142 e. The lowest BCUT2D eigenvalue weighted by molar-refractivity contribution is 0.0841. The van der Waals surface area contributed by atoms with Crippen LogP contribution in [-0.4, -0.2) is 38.8 Å². The number of hydrogen-bond acceptors (Lipinski definition) is 5. The maximum absolute atomic E-state index is 9.02. The first-order valence-corrected chi connectivity index (χ1v) is 9.10. The van der Waals surface area contributed by atoms with Gasteiger partial charge in [0.2, 0.25) is 0 Å². The van der Waals surface area contributed by atoms with Gasteiger partial charge in [-0.3, -0.25) is 9.58 Å². The van der Waals surface area contributed by atoms with E-state index < -0.39 is 0 Å². The van der Waals surface area contributed by atoms with E-state index in [9.17, 15) is 0 Å². The van der Waals surface area contributed by atoms with E-state index >= 15 is 0 Å². The minimum absolute atomic E-state index is 0.415. The molecule has 4 rings (SSSR count). The van der Waals surface area contributed by atoms with Gasteiger partial charge in [-0.15, -0.1) is 0 Å². The lowest BCUT2D eigenvalue weighted by atomic mass is 9.86. The lowest BCUT2D eigenvalue weighted by Crippen LogP contribution is -2.43. The monoisotopic (exact) mass is 336 g/mol. The number of anilines is 1. The Kier molecular flexibility index (Phi) is 4.41. The van der Waals surface area contributed by atoms with Crippen LogP contribution in [0.2, 0.25) is 0 Å². The second-order valence-electron chi connectivity index (χ2n) is 7.12. The summed E-state index contributed by atoms with van der Waals surface area (Å²) in [6.07, 6.45) is 8.70. The topological polar surface area (TPSA) is 69.8 Å². The summed E-state index contributed by atoms with van der Waals surface area (Å²) in [4.78, 5) is 6.74. The van der Waals surface area contributed by atoms with Crippen LogP contribution in [0.1, 0.15) is 43.1 Å². The average molecular weight is 336 g/mol. The number of nitrogens with one attached hydrogen (secondary N) is 1. The standard InChI is InChI=1S/C19H24N6/c1-24-18(7-9-23-24)19-14(3-2-10-25(19)17-4-5-17)13-22-15-6-8-21-16(11-15)12-20/h6-9,11,14,17,19H,2-5,10,13H2,1H3,(H,21,22)/t14-,19+/m0/s1. The molecule has 0 spiro atoms. The SMILES string of the molecule is Cn1nccc1[C@H]1[C@H](CNc2ccnc(C#N)c2)CCCN1C1CC1. The molecule has 0 radical (unpaired) electrons. The van der Waals surface area contributed by atoms with Crippen molar-refractivity contribution in [2.24, 2.45) is 13.0 Å². The summed E-state index contributed by atoms with van der Waals surface area (Å²) < 4.78 is 2.03. The number of piperidine rings is 1. The Morgan fingerprint density at radius 1 is 1.28 bits per heavy atom. The van der Waals surface area contributed by atoms with Crippen molar-refractivity contribution in [3.63, 3.8) is 0 Å². The summed E-state index contributed by atoms with van der Waals surface area (Å²) in [7, 11) is 2.04. The Labute approximate surface area is 148 Å². The van der Waals surface area contributed by atoms with Gasteiger partial charge in [0.15, 0.2) is 0 Å². The molecule has 6 nitrogen and oxygen atoms in total. The quantitative estimate of drug-likeness (QED) is 0.909. The van der Waals surface area contributed by atoms with Crippen LogP contribution in [-0.2, 0) is 7.05 Å². The number of pyridine rings is 1. The van der Waals surface area contributed by atoms with Gasteiger partial charge in [0.1, 0.15) is 11.8 Å². The fraction of sp³-hybridized carbons (Fsp3) is 0.526. The third-order valence-corrected chi connectivity index (χ3v) is 5.42. The molecule has 1 saturated carbocycles. The van der Waals surface area contributed by atoms with Crippen LogP contribution in [0.5, 0.6) is 0 Å². The number of hydrogen-bond donors (Lipinski definition) is 1. The van der Waals surface area contributed by atoms with E-state index in [0.717, 1.165) is 18.3 Å². The van der Waals surface area contributed by atoms with Crippen molar-refractivity contribution in [3.8, 4) is 6.07 Å². The van der Waals surface area contributed by atoms with Gasteiger partial charge < -0.3 is 5.32 Å². The van der Waals surface area contributed by atoms with Crippen LogP contribution in [0.25, 0.3) is 0 Å². The molecule has 0 bridgehead atoms. The van der Waals surface area contributed by atoms with Gasteiger partial charge in [-0.2, -0.15) is 10.4 Å².